The molecular weight excluding hydrogens is 109 g/mol. The zero-order valence-electron chi connectivity index (χ0n) is 4.45. The van der Waals surface area contributed by atoms with Crippen molar-refractivity contribution in [2.24, 2.45) is 0 Å². The summed E-state index contributed by atoms with van der Waals surface area (Å²) in [4.78, 5) is 0. The molecule has 0 heterocycles. The fourth-order valence-corrected chi connectivity index (χ4v) is 0. The summed E-state index contributed by atoms with van der Waals surface area (Å²) in [7, 11) is -0.129. The molecule has 0 spiro atoms. The van der Waals surface area contributed by atoms with Crippen molar-refractivity contribution in [3.8, 4) is 0 Å². The highest BCUT2D eigenvalue weighted by molar-refractivity contribution is 7.73. The Morgan fingerprint density at radius 1 is 1.33 bits per heavy atom. The van der Waals surface area contributed by atoms with Gasteiger partial charge in [0.1, 0.15) is 7.74 Å². The third-order valence-corrected chi connectivity index (χ3v) is 3.02. The summed E-state index contributed by atoms with van der Waals surface area (Å²) in [5.74, 6) is 0. The lowest BCUT2D eigenvalue weighted by Gasteiger charge is -2.01. The van der Waals surface area contributed by atoms with Crippen molar-refractivity contribution in [2.75, 3.05) is 0 Å². The molecule has 6 heavy (non-hydrogen) atoms. The molecule has 0 aliphatic rings. The summed E-state index contributed by atoms with van der Waals surface area (Å²) in [6, 6.07) is 0. The Bertz CT molecular complexity index is 56.3. The Kier molecular flexibility index (Phi) is 1.95. The van der Waals surface area contributed by atoms with E-state index in [1.165, 1.54) is 0 Å². The Balaban J connectivity index is 3.45. The molecule has 0 rings (SSSR count). The molecule has 0 aromatic carbocycles. The van der Waals surface area contributed by atoms with Crippen LogP contribution in [0.15, 0.2) is 0 Å². The molecule has 0 radical (unpaired) electrons. The molecule has 0 unspecified atom stereocenters. The molecule has 0 aliphatic heterocycles. The summed E-state index contributed by atoms with van der Waals surface area (Å²) in [5.41, 5.74) is 0. The third-order valence-electron chi connectivity index (χ3n) is 0.335. The molecule has 0 bridgehead atoms. The molecule has 0 atom stereocenters. The van der Waals surface area contributed by atoms with Crippen LogP contribution in [0, 0.1) is 5.16 Å². The van der Waals surface area contributed by atoms with Gasteiger partial charge in [0.25, 0.3) is 0 Å². The van der Waals surface area contributed by atoms with Crippen molar-refractivity contribution in [1.29, 1.82) is 5.16 Å². The molecule has 1 N–H and O–H groups in total. The first kappa shape index (κ1) is 6.32. The van der Waals surface area contributed by atoms with Gasteiger partial charge in [-0.3, -0.25) is 5.16 Å². The number of hydrogen-bond donors (Lipinski definition) is 1. The number of nitrogens with one attached hydrogen (secondary N) is 1. The molecule has 0 saturated heterocycles. The zero-order chi connectivity index (χ0) is 5.21. The van der Waals surface area contributed by atoms with E-state index in [4.69, 9.17) is 5.16 Å². The summed E-state index contributed by atoms with van der Waals surface area (Å²) in [6.07, 6.45) is 0. The van der Waals surface area contributed by atoms with E-state index >= 15 is 0 Å². The van der Waals surface area contributed by atoms with Crippen LogP contribution >= 0.6 is 7.92 Å². The highest BCUT2D eigenvalue weighted by Crippen LogP contribution is 2.14. The standard InChI is InChI=1S/C3H10NPSi/c1-6(2,3)5-4/h4H,1-3H3. The Hall–Kier alpha value is 0.317. The average molecular weight is 119 g/mol. The minimum absolute atomic E-state index is 0.863. The fourth-order valence-electron chi connectivity index (χ4n) is 0. The molecule has 0 aliphatic carbocycles. The maximum Gasteiger partial charge on any atom is 0.125 e. The first-order valence-electron chi connectivity index (χ1n) is 1.95. The maximum absolute atomic E-state index is 6.89. The van der Waals surface area contributed by atoms with Crippen LogP contribution in [0.4, 0.5) is 0 Å². The minimum atomic E-state index is -0.992. The van der Waals surface area contributed by atoms with Gasteiger partial charge in [-0.25, -0.2) is 0 Å². The van der Waals surface area contributed by atoms with E-state index in [9.17, 15) is 0 Å². The molecule has 36 valence electrons. The van der Waals surface area contributed by atoms with E-state index in [-0.39, 0.29) is 0 Å². The van der Waals surface area contributed by atoms with Gasteiger partial charge in [0.05, 0.1) is 0 Å². The van der Waals surface area contributed by atoms with E-state index in [1.54, 1.807) is 0 Å². The fraction of sp³-hybridized carbons (Fsp3) is 1.00. The number of hydrogen-bond acceptors (Lipinski definition) is 1. The minimum Gasteiger partial charge on any atom is -0.290 e. The second kappa shape index (κ2) is 1.85. The largest absolute Gasteiger partial charge is 0.290 e. The second-order valence-electron chi connectivity index (χ2n) is 2.28. The lowest BCUT2D eigenvalue weighted by Crippen LogP contribution is -2.07. The van der Waals surface area contributed by atoms with Gasteiger partial charge in [-0.05, 0) is 7.92 Å². The zero-order valence-corrected chi connectivity index (χ0v) is 6.34. The first-order valence-corrected chi connectivity index (χ1v) is 7.18. The topological polar surface area (TPSA) is 23.9 Å². The summed E-state index contributed by atoms with van der Waals surface area (Å²) in [5, 5.41) is 6.89. The second-order valence-corrected chi connectivity index (χ2v) is 11.5. The van der Waals surface area contributed by atoms with Gasteiger partial charge in [-0.2, -0.15) is 0 Å². The van der Waals surface area contributed by atoms with Crippen molar-refractivity contribution in [1.82, 2.24) is 0 Å². The van der Waals surface area contributed by atoms with E-state index in [0.717, 1.165) is 7.92 Å². The van der Waals surface area contributed by atoms with E-state index in [0.29, 0.717) is 0 Å². The average Bonchev–Trinajstić information content (AvgIpc) is 1.35. The third kappa shape index (κ3) is 4.32. The highest BCUT2D eigenvalue weighted by atomic mass is 31.3. The van der Waals surface area contributed by atoms with Crippen LogP contribution in [0.1, 0.15) is 0 Å². The molecule has 3 heteroatoms. The normalized spacial score (nSPS) is 12.5. The van der Waals surface area contributed by atoms with Crippen molar-refractivity contribution in [3.05, 3.63) is 0 Å². The van der Waals surface area contributed by atoms with Gasteiger partial charge >= 0.3 is 0 Å². The van der Waals surface area contributed by atoms with Crippen LogP contribution in [0.2, 0.25) is 19.6 Å². The summed E-state index contributed by atoms with van der Waals surface area (Å²) >= 11 is 0. The Labute approximate surface area is 41.3 Å². The van der Waals surface area contributed by atoms with Crippen molar-refractivity contribution < 1.29 is 0 Å². The van der Waals surface area contributed by atoms with Gasteiger partial charge in [-0.15, -0.1) is 0 Å². The van der Waals surface area contributed by atoms with Gasteiger partial charge < -0.3 is 0 Å². The van der Waals surface area contributed by atoms with Gasteiger partial charge in [0, 0.05) is 0 Å². The first-order chi connectivity index (χ1) is 2.56. The smallest absolute Gasteiger partial charge is 0.125 e. The predicted molar refractivity (Wildman–Crippen MR) is 33.0 cm³/mol. The molecule has 0 saturated carbocycles. The predicted octanol–water partition coefficient (Wildman–Crippen LogP) is 2.53. The maximum atomic E-state index is 6.89. The molecule has 0 fully saturated rings. The summed E-state index contributed by atoms with van der Waals surface area (Å²) < 4.78 is 0. The van der Waals surface area contributed by atoms with E-state index in [1.807, 2.05) is 0 Å². The highest BCUT2D eigenvalue weighted by Gasteiger charge is 2.07. The molecule has 0 aromatic rings. The monoisotopic (exact) mass is 119 g/mol. The van der Waals surface area contributed by atoms with Crippen molar-refractivity contribution in [2.45, 2.75) is 19.6 Å². The number of rotatable bonds is 1. The van der Waals surface area contributed by atoms with E-state index < -0.39 is 7.74 Å². The van der Waals surface area contributed by atoms with Gasteiger partial charge in [0.2, 0.25) is 0 Å². The molecule has 0 aromatic heterocycles. The SMILES string of the molecule is C[Si](C)(C)P=N. The Morgan fingerprint density at radius 2 is 1.50 bits per heavy atom. The lowest BCUT2D eigenvalue weighted by molar-refractivity contribution is 1.64. The molecule has 1 nitrogen and oxygen atoms in total. The van der Waals surface area contributed by atoms with Crippen molar-refractivity contribution >= 4 is 15.7 Å². The van der Waals surface area contributed by atoms with Crippen LogP contribution in [-0.2, 0) is 0 Å². The van der Waals surface area contributed by atoms with Crippen LogP contribution in [-0.4, -0.2) is 7.74 Å². The van der Waals surface area contributed by atoms with Crippen molar-refractivity contribution in [3.63, 3.8) is 0 Å². The lowest BCUT2D eigenvalue weighted by atomic mass is 11.8. The van der Waals surface area contributed by atoms with E-state index in [2.05, 4.69) is 19.6 Å². The molecular formula is C3H10NPSi. The van der Waals surface area contributed by atoms with Crippen LogP contribution < -0.4 is 0 Å². The van der Waals surface area contributed by atoms with Gasteiger partial charge in [0.15, 0.2) is 0 Å². The Morgan fingerprint density at radius 3 is 1.50 bits per heavy atom. The van der Waals surface area contributed by atoms with Crippen LogP contribution in [0.5, 0.6) is 0 Å². The van der Waals surface area contributed by atoms with Crippen LogP contribution in [0.3, 0.4) is 0 Å². The van der Waals surface area contributed by atoms with Gasteiger partial charge in [-0.1, -0.05) is 19.6 Å². The van der Waals surface area contributed by atoms with Crippen LogP contribution in [0.25, 0.3) is 0 Å². The quantitative estimate of drug-likeness (QED) is 0.405. The molecule has 0 amide bonds. The summed E-state index contributed by atoms with van der Waals surface area (Å²) in [6.45, 7) is 6.55.